The molecule has 6 nitrogen and oxygen atoms in total. The van der Waals surface area contributed by atoms with E-state index in [0.29, 0.717) is 43.1 Å². The number of nitrogens with one attached hydrogen (secondary N) is 1. The number of ether oxygens (including phenoxy) is 3. The maximum Gasteiger partial charge on any atom is 0.254 e. The monoisotopic (exact) mass is 439 g/mol. The zero-order chi connectivity index (χ0) is 22.9. The highest BCUT2D eigenvalue weighted by Crippen LogP contribution is 2.41. The lowest BCUT2D eigenvalue weighted by atomic mass is 9.89. The van der Waals surface area contributed by atoms with Crippen molar-refractivity contribution in [3.05, 3.63) is 64.7 Å². The molecule has 0 radical (unpaired) electrons. The van der Waals surface area contributed by atoms with Gasteiger partial charge in [0.2, 0.25) is 0 Å². The number of hydrogen-bond acceptors (Lipinski definition) is 5. The van der Waals surface area contributed by atoms with Gasteiger partial charge in [0.1, 0.15) is 5.75 Å². The summed E-state index contributed by atoms with van der Waals surface area (Å²) in [6.07, 6.45) is 2.52. The molecule has 1 heterocycles. The molecule has 0 aromatic heterocycles. The second-order valence-corrected chi connectivity index (χ2v) is 7.80. The van der Waals surface area contributed by atoms with Gasteiger partial charge in [0.05, 0.1) is 12.2 Å². The topological polar surface area (TPSA) is 73.9 Å². The van der Waals surface area contributed by atoms with E-state index < -0.39 is 0 Å². The van der Waals surface area contributed by atoms with Crippen LogP contribution >= 0.6 is 0 Å². The molecule has 1 aliphatic rings. The van der Waals surface area contributed by atoms with Gasteiger partial charge in [-0.2, -0.15) is 0 Å². The lowest BCUT2D eigenvalue weighted by Crippen LogP contribution is -2.19. The molecule has 6 heteroatoms. The Balaban J connectivity index is 1.75. The Labute approximate surface area is 190 Å². The fraction of sp³-hybridized carbons (Fsp3) is 0.462. The van der Waals surface area contributed by atoms with Crippen LogP contribution in [0.3, 0.4) is 0 Å². The third kappa shape index (κ3) is 5.75. The minimum Gasteiger partial charge on any atom is -0.491 e. The number of benzene rings is 2. The van der Waals surface area contributed by atoms with Crippen molar-refractivity contribution in [1.29, 1.82) is 0 Å². The molecule has 3 rings (SSSR count). The highest BCUT2D eigenvalue weighted by atomic mass is 16.7. The third-order valence-corrected chi connectivity index (χ3v) is 5.68. The maximum absolute atomic E-state index is 13.0. The summed E-state index contributed by atoms with van der Waals surface area (Å²) in [5.41, 5.74) is 2.98. The Hall–Kier alpha value is -2.70. The van der Waals surface area contributed by atoms with Crippen molar-refractivity contribution in [2.45, 2.75) is 51.7 Å². The zero-order valence-corrected chi connectivity index (χ0v) is 19.2. The predicted octanol–water partition coefficient (Wildman–Crippen LogP) is 4.71. The van der Waals surface area contributed by atoms with Crippen LogP contribution in [0.5, 0.6) is 5.75 Å². The molecule has 0 aliphatic carbocycles. The van der Waals surface area contributed by atoms with E-state index >= 15 is 0 Å². The Morgan fingerprint density at radius 1 is 1.09 bits per heavy atom. The summed E-state index contributed by atoms with van der Waals surface area (Å²) in [4.78, 5) is 25.5. The van der Waals surface area contributed by atoms with Crippen LogP contribution in [0.15, 0.2) is 42.5 Å². The second-order valence-electron chi connectivity index (χ2n) is 7.80. The predicted molar refractivity (Wildman–Crippen MR) is 123 cm³/mol. The molecule has 32 heavy (non-hydrogen) atoms. The third-order valence-electron chi connectivity index (χ3n) is 5.68. The number of fused-ring (bicyclic) bond motifs is 1. The lowest BCUT2D eigenvalue weighted by molar-refractivity contribution is -0.140. The summed E-state index contributed by atoms with van der Waals surface area (Å²) in [6.45, 7) is 5.55. The molecule has 172 valence electrons. The fourth-order valence-corrected chi connectivity index (χ4v) is 4.08. The molecular weight excluding hydrogens is 406 g/mol. The number of carbonyl (C=O) groups is 2. The Morgan fingerprint density at radius 3 is 2.47 bits per heavy atom. The van der Waals surface area contributed by atoms with Gasteiger partial charge in [-0.05, 0) is 50.8 Å². The van der Waals surface area contributed by atoms with Crippen molar-refractivity contribution in [1.82, 2.24) is 5.32 Å². The van der Waals surface area contributed by atoms with Gasteiger partial charge < -0.3 is 19.5 Å². The SMILES string of the molecule is CCOC(CCCCC(=O)c1cc(C(=O)NC)c2c(c1)[C@H](c1ccccc1)CO2)OCC. The van der Waals surface area contributed by atoms with E-state index in [1.165, 1.54) is 0 Å². The number of unbranched alkanes of at least 4 members (excludes halogenated alkanes) is 1. The number of carbonyl (C=O) groups excluding carboxylic acids is 2. The second kappa shape index (κ2) is 11.8. The van der Waals surface area contributed by atoms with Gasteiger partial charge in [-0.1, -0.05) is 30.3 Å². The van der Waals surface area contributed by atoms with Gasteiger partial charge in [0, 0.05) is 43.7 Å². The van der Waals surface area contributed by atoms with Crippen LogP contribution in [0.2, 0.25) is 0 Å². The number of ketones is 1. The van der Waals surface area contributed by atoms with Crippen LogP contribution in [0, 0.1) is 0 Å². The van der Waals surface area contributed by atoms with Gasteiger partial charge in [-0.15, -0.1) is 0 Å². The fourth-order valence-electron chi connectivity index (χ4n) is 4.08. The minimum atomic E-state index is -0.249. The van der Waals surface area contributed by atoms with Gasteiger partial charge >= 0.3 is 0 Å². The molecule has 2 aromatic rings. The molecule has 0 saturated heterocycles. The van der Waals surface area contributed by atoms with Gasteiger partial charge in [-0.3, -0.25) is 9.59 Å². The van der Waals surface area contributed by atoms with Crippen LogP contribution in [-0.4, -0.2) is 44.8 Å². The van der Waals surface area contributed by atoms with E-state index in [0.717, 1.165) is 30.4 Å². The summed E-state index contributed by atoms with van der Waals surface area (Å²) < 4.78 is 17.1. The highest BCUT2D eigenvalue weighted by molar-refractivity contribution is 6.03. The average Bonchev–Trinajstić information content (AvgIpc) is 3.25. The Kier molecular flexibility index (Phi) is 8.82. The zero-order valence-electron chi connectivity index (χ0n) is 19.2. The molecule has 0 unspecified atom stereocenters. The standard InChI is InChI=1S/C26H33NO5/c1-4-30-24(31-5-2)14-10-9-13-23(28)19-15-20-22(18-11-7-6-8-12-18)17-32-25(20)21(16-19)26(29)27-3/h6-8,11-12,15-16,22,24H,4-5,9-10,13-14,17H2,1-3H3,(H,27,29)/t22-/m0/s1. The molecule has 1 atom stereocenters. The van der Waals surface area contributed by atoms with Crippen molar-refractivity contribution >= 4 is 11.7 Å². The first kappa shape index (κ1) is 24.0. The van der Waals surface area contributed by atoms with E-state index in [9.17, 15) is 9.59 Å². The lowest BCUT2D eigenvalue weighted by Gasteiger charge is -2.16. The Morgan fingerprint density at radius 2 is 1.81 bits per heavy atom. The van der Waals surface area contributed by atoms with Crippen molar-refractivity contribution < 1.29 is 23.8 Å². The molecule has 0 fully saturated rings. The van der Waals surface area contributed by atoms with Crippen LogP contribution in [0.25, 0.3) is 0 Å². The van der Waals surface area contributed by atoms with E-state index in [1.54, 1.807) is 13.1 Å². The highest BCUT2D eigenvalue weighted by Gasteiger charge is 2.31. The smallest absolute Gasteiger partial charge is 0.254 e. The van der Waals surface area contributed by atoms with Gasteiger partial charge in [0.25, 0.3) is 5.91 Å². The summed E-state index contributed by atoms with van der Waals surface area (Å²) in [6, 6.07) is 13.6. The van der Waals surface area contributed by atoms with Crippen LogP contribution in [0.4, 0.5) is 0 Å². The van der Waals surface area contributed by atoms with Gasteiger partial charge in [0.15, 0.2) is 12.1 Å². The van der Waals surface area contributed by atoms with E-state index in [2.05, 4.69) is 5.32 Å². The van der Waals surface area contributed by atoms with Crippen molar-refractivity contribution in [3.63, 3.8) is 0 Å². The number of rotatable bonds is 12. The minimum absolute atomic E-state index is 0.000463. The van der Waals surface area contributed by atoms with Crippen LogP contribution in [0.1, 0.15) is 77.3 Å². The molecule has 1 amide bonds. The Bertz CT molecular complexity index is 906. The number of Topliss-reactive ketones (excluding diaryl/α,β-unsaturated/α-hetero) is 1. The van der Waals surface area contributed by atoms with Crippen molar-refractivity contribution in [3.8, 4) is 5.75 Å². The first-order chi connectivity index (χ1) is 15.6. The molecular formula is C26H33NO5. The largest absolute Gasteiger partial charge is 0.491 e. The molecule has 0 spiro atoms. The molecule has 0 saturated carbocycles. The molecule has 1 N–H and O–H groups in total. The maximum atomic E-state index is 13.0. The molecule has 1 aliphatic heterocycles. The summed E-state index contributed by atoms with van der Waals surface area (Å²) >= 11 is 0. The summed E-state index contributed by atoms with van der Waals surface area (Å²) in [5.74, 6) is 0.355. The first-order valence-corrected chi connectivity index (χ1v) is 11.4. The van der Waals surface area contributed by atoms with Crippen LogP contribution < -0.4 is 10.1 Å². The molecule has 0 bridgehead atoms. The first-order valence-electron chi connectivity index (χ1n) is 11.4. The average molecular weight is 440 g/mol. The summed E-state index contributed by atoms with van der Waals surface area (Å²) in [7, 11) is 1.58. The van der Waals surface area contributed by atoms with Crippen molar-refractivity contribution in [2.75, 3.05) is 26.9 Å². The van der Waals surface area contributed by atoms with E-state index in [-0.39, 0.29) is 23.9 Å². The molecule has 2 aromatic carbocycles. The summed E-state index contributed by atoms with van der Waals surface area (Å²) in [5, 5.41) is 2.66. The quantitative estimate of drug-likeness (QED) is 0.294. The van der Waals surface area contributed by atoms with E-state index in [4.69, 9.17) is 14.2 Å². The van der Waals surface area contributed by atoms with E-state index in [1.807, 2.05) is 50.2 Å². The number of amides is 1. The van der Waals surface area contributed by atoms with Gasteiger partial charge in [-0.25, -0.2) is 0 Å². The van der Waals surface area contributed by atoms with Crippen molar-refractivity contribution in [2.24, 2.45) is 0 Å². The number of hydrogen-bond donors (Lipinski definition) is 1. The normalized spacial score (nSPS) is 14.8. The van der Waals surface area contributed by atoms with Crippen LogP contribution in [-0.2, 0) is 9.47 Å².